The lowest BCUT2D eigenvalue weighted by Gasteiger charge is -2.37. The van der Waals surface area contributed by atoms with Crippen molar-refractivity contribution in [3.8, 4) is 11.3 Å². The number of rotatable bonds is 7. The molecule has 1 fully saturated rings. The minimum absolute atomic E-state index is 0.0370. The first-order valence-electron chi connectivity index (χ1n) is 12.2. The minimum Gasteiger partial charge on any atom is -0.368 e. The molecule has 0 aliphatic carbocycles. The van der Waals surface area contributed by atoms with Crippen LogP contribution in [-0.4, -0.2) is 58.9 Å². The van der Waals surface area contributed by atoms with Crippen molar-refractivity contribution in [1.82, 2.24) is 14.9 Å². The normalized spacial score (nSPS) is 14.5. The summed E-state index contributed by atoms with van der Waals surface area (Å²) in [5.41, 5.74) is 9.97. The summed E-state index contributed by atoms with van der Waals surface area (Å²) < 4.78 is 0. The van der Waals surface area contributed by atoms with Gasteiger partial charge in [0.05, 0.1) is 11.7 Å². The molecular formula is C27H33N7O2. The van der Waals surface area contributed by atoms with Crippen LogP contribution in [0.5, 0.6) is 0 Å². The highest BCUT2D eigenvalue weighted by atomic mass is 16.2. The van der Waals surface area contributed by atoms with Gasteiger partial charge in [0.1, 0.15) is 0 Å². The molecule has 9 nitrogen and oxygen atoms in total. The van der Waals surface area contributed by atoms with Gasteiger partial charge >= 0.3 is 0 Å². The Kier molecular flexibility index (Phi) is 7.80. The molecule has 1 atom stereocenters. The number of nitrogens with zero attached hydrogens (tertiary/aromatic N) is 4. The molecule has 1 aliphatic rings. The van der Waals surface area contributed by atoms with Gasteiger partial charge in [0.2, 0.25) is 17.8 Å². The van der Waals surface area contributed by atoms with Crippen LogP contribution in [0.1, 0.15) is 20.8 Å². The molecule has 4 rings (SSSR count). The second kappa shape index (κ2) is 11.2. The zero-order valence-corrected chi connectivity index (χ0v) is 20.9. The molecule has 188 valence electrons. The largest absolute Gasteiger partial charge is 0.368 e. The number of piperazine rings is 1. The molecule has 9 heteroatoms. The van der Waals surface area contributed by atoms with Crippen LogP contribution in [0.25, 0.3) is 11.3 Å². The number of carbonyl (C=O) groups is 2. The zero-order valence-electron chi connectivity index (χ0n) is 20.9. The Balaban J connectivity index is 1.36. The number of carbonyl (C=O) groups excluding carboxylic acids is 2. The summed E-state index contributed by atoms with van der Waals surface area (Å²) in [4.78, 5) is 37.2. The smallest absolute Gasteiger partial charge is 0.240 e. The van der Waals surface area contributed by atoms with E-state index in [-0.39, 0.29) is 17.7 Å². The third-order valence-corrected chi connectivity index (χ3v) is 6.09. The number of nitrogens with one attached hydrogen (secondary N) is 2. The molecule has 1 aliphatic heterocycles. The van der Waals surface area contributed by atoms with Crippen molar-refractivity contribution in [2.24, 2.45) is 11.7 Å². The summed E-state index contributed by atoms with van der Waals surface area (Å²) in [6, 6.07) is 16.9. The Morgan fingerprint density at radius 1 is 0.889 bits per heavy atom. The van der Waals surface area contributed by atoms with E-state index in [1.54, 1.807) is 13.1 Å². The van der Waals surface area contributed by atoms with Crippen molar-refractivity contribution >= 4 is 34.8 Å². The summed E-state index contributed by atoms with van der Waals surface area (Å²) in [5.74, 6) is 0.525. The third kappa shape index (κ3) is 6.17. The lowest BCUT2D eigenvalue weighted by Crippen LogP contribution is -2.49. The number of nitrogens with two attached hydrogens (primary N) is 1. The predicted molar refractivity (Wildman–Crippen MR) is 143 cm³/mol. The van der Waals surface area contributed by atoms with Gasteiger partial charge in [-0.15, -0.1) is 0 Å². The third-order valence-electron chi connectivity index (χ3n) is 6.09. The summed E-state index contributed by atoms with van der Waals surface area (Å²) in [5, 5.41) is 6.04. The van der Waals surface area contributed by atoms with E-state index in [1.807, 2.05) is 61.2 Å². The average Bonchev–Trinajstić information content (AvgIpc) is 2.89. The molecule has 2 amide bonds. The highest BCUT2D eigenvalue weighted by molar-refractivity contribution is 5.94. The Morgan fingerprint density at radius 3 is 2.14 bits per heavy atom. The van der Waals surface area contributed by atoms with Gasteiger partial charge in [-0.1, -0.05) is 26.0 Å². The topological polar surface area (TPSA) is 116 Å². The van der Waals surface area contributed by atoms with E-state index in [4.69, 9.17) is 5.73 Å². The summed E-state index contributed by atoms with van der Waals surface area (Å²) in [7, 11) is 0. The number of aromatic nitrogens is 2. The molecule has 0 radical (unpaired) electrons. The molecule has 2 heterocycles. The molecule has 0 unspecified atom stereocenters. The van der Waals surface area contributed by atoms with E-state index in [0.717, 1.165) is 48.8 Å². The first kappa shape index (κ1) is 25.1. The predicted octanol–water partition coefficient (Wildman–Crippen LogP) is 3.48. The van der Waals surface area contributed by atoms with Gasteiger partial charge in [0.15, 0.2) is 0 Å². The van der Waals surface area contributed by atoms with E-state index in [0.29, 0.717) is 11.6 Å². The number of amides is 2. The van der Waals surface area contributed by atoms with Gasteiger partial charge in [0, 0.05) is 60.9 Å². The molecule has 0 saturated carbocycles. The van der Waals surface area contributed by atoms with Crippen molar-refractivity contribution in [3.05, 3.63) is 60.8 Å². The number of benzene rings is 2. The minimum atomic E-state index is -0.570. The van der Waals surface area contributed by atoms with Crippen LogP contribution in [0.3, 0.4) is 0 Å². The zero-order chi connectivity index (χ0) is 25.7. The molecule has 1 saturated heterocycles. The van der Waals surface area contributed by atoms with Gasteiger partial charge in [-0.2, -0.15) is 0 Å². The van der Waals surface area contributed by atoms with Gasteiger partial charge in [-0.25, -0.2) is 9.97 Å². The van der Waals surface area contributed by atoms with E-state index in [1.165, 1.54) is 0 Å². The molecule has 4 N–H and O–H groups in total. The number of hydrogen-bond acceptors (Lipinski definition) is 7. The molecule has 3 aromatic rings. The van der Waals surface area contributed by atoms with Crippen LogP contribution in [0.15, 0.2) is 60.8 Å². The molecular weight excluding hydrogens is 454 g/mol. The maximum Gasteiger partial charge on any atom is 0.240 e. The van der Waals surface area contributed by atoms with Crippen molar-refractivity contribution < 1.29 is 9.59 Å². The Morgan fingerprint density at radius 2 is 1.53 bits per heavy atom. The number of anilines is 4. The lowest BCUT2D eigenvalue weighted by atomic mass is 10.1. The monoisotopic (exact) mass is 487 g/mol. The van der Waals surface area contributed by atoms with Gasteiger partial charge < -0.3 is 26.2 Å². The summed E-state index contributed by atoms with van der Waals surface area (Å²) >= 11 is 0. The van der Waals surface area contributed by atoms with Crippen LogP contribution in [0.2, 0.25) is 0 Å². The fourth-order valence-corrected chi connectivity index (χ4v) is 3.99. The van der Waals surface area contributed by atoms with E-state index in [2.05, 4.69) is 37.6 Å². The van der Waals surface area contributed by atoms with Gasteiger partial charge in [-0.05, 0) is 49.4 Å². The van der Waals surface area contributed by atoms with Crippen LogP contribution < -0.4 is 21.3 Å². The second-order valence-electron chi connectivity index (χ2n) is 9.26. The Hall–Kier alpha value is -3.98. The molecule has 1 aromatic heterocycles. The first-order chi connectivity index (χ1) is 17.3. The molecule has 2 aromatic carbocycles. The van der Waals surface area contributed by atoms with Crippen LogP contribution in [0, 0.1) is 5.92 Å². The van der Waals surface area contributed by atoms with Crippen molar-refractivity contribution in [3.63, 3.8) is 0 Å². The standard InChI is InChI=1S/C27H33N7O2/c1-18(2)26(36)34-16-14-33(15-17-34)23-10-8-22(9-11-23)31-27-29-13-12-24(32-27)20-4-6-21(7-5-20)30-25(35)19(3)28/h4-13,18-19H,14-17,28H2,1-3H3,(H,30,35)(H,29,31,32)/t19-/m1/s1. The molecule has 36 heavy (non-hydrogen) atoms. The maximum atomic E-state index is 12.2. The molecule has 0 spiro atoms. The van der Waals surface area contributed by atoms with Crippen LogP contribution in [-0.2, 0) is 9.59 Å². The summed E-state index contributed by atoms with van der Waals surface area (Å²) in [6.07, 6.45) is 1.71. The lowest BCUT2D eigenvalue weighted by molar-refractivity contribution is -0.134. The van der Waals surface area contributed by atoms with E-state index >= 15 is 0 Å². The van der Waals surface area contributed by atoms with Crippen molar-refractivity contribution in [2.75, 3.05) is 41.7 Å². The number of hydrogen-bond donors (Lipinski definition) is 3. The van der Waals surface area contributed by atoms with Crippen molar-refractivity contribution in [1.29, 1.82) is 0 Å². The highest BCUT2D eigenvalue weighted by Gasteiger charge is 2.22. The van der Waals surface area contributed by atoms with E-state index < -0.39 is 6.04 Å². The average molecular weight is 488 g/mol. The van der Waals surface area contributed by atoms with Gasteiger partial charge in [-0.3, -0.25) is 9.59 Å². The van der Waals surface area contributed by atoms with E-state index in [9.17, 15) is 9.59 Å². The quantitative estimate of drug-likeness (QED) is 0.467. The Labute approximate surface area is 211 Å². The summed E-state index contributed by atoms with van der Waals surface area (Å²) in [6.45, 7) is 8.68. The van der Waals surface area contributed by atoms with Crippen LogP contribution in [0.4, 0.5) is 23.0 Å². The van der Waals surface area contributed by atoms with Crippen molar-refractivity contribution in [2.45, 2.75) is 26.8 Å². The maximum absolute atomic E-state index is 12.2. The first-order valence-corrected chi connectivity index (χ1v) is 12.2. The molecule has 0 bridgehead atoms. The highest BCUT2D eigenvalue weighted by Crippen LogP contribution is 2.24. The fraction of sp³-hybridized carbons (Fsp3) is 0.333. The second-order valence-corrected chi connectivity index (χ2v) is 9.26. The SMILES string of the molecule is CC(C)C(=O)N1CCN(c2ccc(Nc3nccc(-c4ccc(NC(=O)[C@@H](C)N)cc4)n3)cc2)CC1. The Bertz CT molecular complexity index is 1190. The fourth-order valence-electron chi connectivity index (χ4n) is 3.99. The van der Waals surface area contributed by atoms with Gasteiger partial charge in [0.25, 0.3) is 0 Å². The van der Waals surface area contributed by atoms with Crippen LogP contribution >= 0.6 is 0 Å².